The monoisotopic (exact) mass is 944 g/mol. The second kappa shape index (κ2) is 20.3. The van der Waals surface area contributed by atoms with Crippen molar-refractivity contribution in [1.29, 1.82) is 0 Å². The van der Waals surface area contributed by atoms with Gasteiger partial charge in [0.15, 0.2) is 8.07 Å². The summed E-state index contributed by atoms with van der Waals surface area (Å²) in [6.45, 7) is 0. The van der Waals surface area contributed by atoms with Gasteiger partial charge in [-0.1, -0.05) is 291 Å². The third-order valence-electron chi connectivity index (χ3n) is 14.3. The van der Waals surface area contributed by atoms with Crippen LogP contribution in [0.4, 0.5) is 0 Å². The molecular weight excluding hydrogens is 893 g/mol. The van der Waals surface area contributed by atoms with E-state index in [9.17, 15) is 0 Å². The van der Waals surface area contributed by atoms with Crippen molar-refractivity contribution < 1.29 is 0 Å². The molecule has 0 aliphatic rings. The van der Waals surface area contributed by atoms with Crippen LogP contribution in [0.5, 0.6) is 0 Å². The van der Waals surface area contributed by atoms with Crippen LogP contribution < -0.4 is 20.7 Å². The molecule has 0 amide bonds. The Bertz CT molecular complexity index is 3040. The molecule has 73 heavy (non-hydrogen) atoms. The van der Waals surface area contributed by atoms with Gasteiger partial charge in [0.05, 0.1) is 0 Å². The average molecular weight is 945 g/mol. The van der Waals surface area contributed by atoms with Gasteiger partial charge in [-0.25, -0.2) is 0 Å². The van der Waals surface area contributed by atoms with E-state index in [0.29, 0.717) is 0 Å². The zero-order chi connectivity index (χ0) is 48.8. The van der Waals surface area contributed by atoms with E-state index in [1.54, 1.807) is 0 Å². The predicted octanol–water partition coefficient (Wildman–Crippen LogP) is 16.4. The van der Waals surface area contributed by atoms with Gasteiger partial charge in [-0.15, -0.1) is 0 Å². The predicted molar refractivity (Wildman–Crippen MR) is 314 cm³/mol. The molecule has 0 heterocycles. The molecule has 0 saturated heterocycles. The Kier molecular flexibility index (Phi) is 12.5. The lowest BCUT2D eigenvalue weighted by molar-refractivity contribution is 1.57. The minimum Gasteiger partial charge on any atom is -0.0622 e. The van der Waals surface area contributed by atoms with Crippen LogP contribution in [0.25, 0.3) is 89.0 Å². The fourth-order valence-electron chi connectivity index (χ4n) is 10.8. The van der Waals surface area contributed by atoms with E-state index >= 15 is 0 Å². The summed E-state index contributed by atoms with van der Waals surface area (Å²) in [5.74, 6) is 0. The van der Waals surface area contributed by atoms with Gasteiger partial charge in [0.1, 0.15) is 0 Å². The smallest absolute Gasteiger partial charge is 0.0622 e. The molecule has 0 aromatic heterocycles. The van der Waals surface area contributed by atoms with Gasteiger partial charge in [0.2, 0.25) is 0 Å². The summed E-state index contributed by atoms with van der Waals surface area (Å²) in [6.07, 6.45) is 0. The summed E-state index contributed by atoms with van der Waals surface area (Å²) in [4.78, 5) is 0. The van der Waals surface area contributed by atoms with Gasteiger partial charge in [0.25, 0.3) is 0 Å². The van der Waals surface area contributed by atoms with E-state index in [1.165, 1.54) is 110 Å². The molecule has 1 heteroatoms. The summed E-state index contributed by atoms with van der Waals surface area (Å²) >= 11 is 0. The van der Waals surface area contributed by atoms with Gasteiger partial charge in [-0.05, 0) is 134 Å². The number of hydrogen-bond donors (Lipinski definition) is 0. The van der Waals surface area contributed by atoms with Crippen molar-refractivity contribution in [1.82, 2.24) is 0 Å². The fourth-order valence-corrected chi connectivity index (χ4v) is 15.7. The van der Waals surface area contributed by atoms with Crippen LogP contribution in [0.2, 0.25) is 0 Å². The number of benzene rings is 12. The standard InChI is InChI=1S/C72H52Si/c1-9-25-53(26-10-1)61-41-62(54-27-11-2-12-28-54)46-69(45-61)73(70-47-63(55-29-13-3-14-30-55)42-64(48-70)56-31-15-4-16-32-56,71-49-65(57-33-17-5-18-34-57)43-66(50-71)58-35-19-6-20-36-58)72-51-67(59-37-21-7-22-38-59)44-68(52-72)60-39-23-8-24-40-60/h1-52H. The zero-order valence-corrected chi connectivity index (χ0v) is 41.5. The molecule has 0 atom stereocenters. The van der Waals surface area contributed by atoms with E-state index in [4.69, 9.17) is 0 Å². The Morgan fingerprint density at radius 3 is 0.370 bits per heavy atom. The Morgan fingerprint density at radius 2 is 0.247 bits per heavy atom. The van der Waals surface area contributed by atoms with E-state index in [0.717, 1.165) is 0 Å². The summed E-state index contributed by atoms with van der Waals surface area (Å²) in [5.41, 5.74) is 18.9. The molecule has 12 aromatic carbocycles. The van der Waals surface area contributed by atoms with Crippen LogP contribution in [0, 0.1) is 0 Å². The minimum atomic E-state index is -3.61. The molecular formula is C72H52Si. The first-order valence-electron chi connectivity index (χ1n) is 25.2. The summed E-state index contributed by atoms with van der Waals surface area (Å²) in [5, 5.41) is 5.19. The van der Waals surface area contributed by atoms with Crippen LogP contribution in [0.3, 0.4) is 0 Å². The molecule has 0 fully saturated rings. The Morgan fingerprint density at radius 1 is 0.123 bits per heavy atom. The quantitative estimate of drug-likeness (QED) is 0.0846. The third-order valence-corrected chi connectivity index (χ3v) is 18.9. The van der Waals surface area contributed by atoms with Crippen molar-refractivity contribution >= 4 is 28.8 Å². The highest BCUT2D eigenvalue weighted by Gasteiger charge is 2.44. The van der Waals surface area contributed by atoms with Crippen molar-refractivity contribution in [2.24, 2.45) is 0 Å². The summed E-state index contributed by atoms with van der Waals surface area (Å²) < 4.78 is 0. The van der Waals surface area contributed by atoms with E-state index < -0.39 is 8.07 Å². The molecule has 0 bridgehead atoms. The zero-order valence-electron chi connectivity index (χ0n) is 40.5. The Labute approximate surface area is 430 Å². The van der Waals surface area contributed by atoms with Gasteiger partial charge >= 0.3 is 0 Å². The molecule has 12 aromatic rings. The third kappa shape index (κ3) is 9.22. The lowest BCUT2D eigenvalue weighted by atomic mass is 9.98. The number of rotatable bonds is 12. The van der Waals surface area contributed by atoms with E-state index in [-0.39, 0.29) is 0 Å². The highest BCUT2D eigenvalue weighted by atomic mass is 28.3. The van der Waals surface area contributed by atoms with E-state index in [1.807, 2.05) is 0 Å². The van der Waals surface area contributed by atoms with Crippen LogP contribution >= 0.6 is 0 Å². The van der Waals surface area contributed by atoms with Crippen molar-refractivity contribution in [3.05, 3.63) is 315 Å². The van der Waals surface area contributed by atoms with Crippen LogP contribution in [-0.4, -0.2) is 8.07 Å². The number of hydrogen-bond acceptors (Lipinski definition) is 0. The molecule has 0 saturated carbocycles. The lowest BCUT2D eigenvalue weighted by Gasteiger charge is -2.37. The first kappa shape index (κ1) is 45.0. The molecule has 344 valence electrons. The largest absolute Gasteiger partial charge is 0.179 e. The molecule has 0 unspecified atom stereocenters. The van der Waals surface area contributed by atoms with Gasteiger partial charge in [-0.3, -0.25) is 0 Å². The van der Waals surface area contributed by atoms with Crippen molar-refractivity contribution in [3.8, 4) is 89.0 Å². The second-order valence-corrected chi connectivity index (χ2v) is 22.7. The molecule has 0 nitrogen and oxygen atoms in total. The Balaban J connectivity index is 1.32. The lowest BCUT2D eigenvalue weighted by Crippen LogP contribution is -2.75. The average Bonchev–Trinajstić information content (AvgIpc) is 3.49. The van der Waals surface area contributed by atoms with Crippen LogP contribution in [0.1, 0.15) is 0 Å². The topological polar surface area (TPSA) is 0 Å². The van der Waals surface area contributed by atoms with Gasteiger partial charge in [-0.2, -0.15) is 0 Å². The normalized spacial score (nSPS) is 11.3. The van der Waals surface area contributed by atoms with Gasteiger partial charge in [0, 0.05) is 0 Å². The van der Waals surface area contributed by atoms with Crippen LogP contribution in [0.15, 0.2) is 315 Å². The maximum Gasteiger partial charge on any atom is 0.179 e. The van der Waals surface area contributed by atoms with E-state index in [2.05, 4.69) is 315 Å². The van der Waals surface area contributed by atoms with Crippen molar-refractivity contribution in [2.75, 3.05) is 0 Å². The molecule has 0 spiro atoms. The summed E-state index contributed by atoms with van der Waals surface area (Å²) in [7, 11) is -3.61. The molecule has 0 N–H and O–H groups in total. The maximum atomic E-state index is 2.54. The maximum absolute atomic E-state index is 3.61. The van der Waals surface area contributed by atoms with Crippen LogP contribution in [-0.2, 0) is 0 Å². The molecule has 0 radical (unpaired) electrons. The van der Waals surface area contributed by atoms with Crippen molar-refractivity contribution in [3.63, 3.8) is 0 Å². The van der Waals surface area contributed by atoms with Gasteiger partial charge < -0.3 is 0 Å². The Hall–Kier alpha value is -9.14. The minimum absolute atomic E-state index is 1.18. The highest BCUT2D eigenvalue weighted by molar-refractivity contribution is 7.20. The molecule has 0 aliphatic carbocycles. The first-order chi connectivity index (χ1) is 36.2. The first-order valence-corrected chi connectivity index (χ1v) is 27.2. The summed E-state index contributed by atoms with van der Waals surface area (Å²) in [6, 6.07) is 118. The molecule has 12 rings (SSSR count). The highest BCUT2D eigenvalue weighted by Crippen LogP contribution is 2.34. The van der Waals surface area contributed by atoms with Crippen molar-refractivity contribution in [2.45, 2.75) is 0 Å². The second-order valence-electron chi connectivity index (χ2n) is 18.9. The molecule has 0 aliphatic heterocycles. The SMILES string of the molecule is c1ccc(-c2cc(-c3ccccc3)cc([Si](c3cc(-c4ccccc4)cc(-c4ccccc4)c3)(c3cc(-c4ccccc4)cc(-c4ccccc4)c3)c3cc(-c4ccccc4)cc(-c4ccccc4)c3)c2)cc1. The fraction of sp³-hybridized carbons (Fsp3) is 0.